The van der Waals surface area contributed by atoms with Gasteiger partial charge in [0.2, 0.25) is 0 Å². The van der Waals surface area contributed by atoms with Gasteiger partial charge in [-0.25, -0.2) is 4.57 Å². The molecule has 0 aromatic carbocycles. The molecule has 8 atom stereocenters. The number of nitrogens with two attached hydrogens (primary N) is 1. The number of ether oxygens (including phenoxy) is 2. The molecule has 7 N–H and O–H groups in total. The summed E-state index contributed by atoms with van der Waals surface area (Å²) in [5.41, 5.74) is 5.33. The third-order valence-corrected chi connectivity index (χ3v) is 12.3. The average molecular weight is 930 g/mol. The maximum atomic E-state index is 12.8. The van der Waals surface area contributed by atoms with Gasteiger partial charge in [0.25, 0.3) is 0 Å². The summed E-state index contributed by atoms with van der Waals surface area (Å²) in [4.78, 5) is 59.2. The first-order valence-electron chi connectivity index (χ1n) is 24.2. The van der Waals surface area contributed by atoms with Crippen molar-refractivity contribution in [1.29, 1.82) is 0 Å². The van der Waals surface area contributed by atoms with Gasteiger partial charge in [-0.05, 0) is 57.8 Å². The molecule has 0 amide bonds. The summed E-state index contributed by atoms with van der Waals surface area (Å²) in [6, 6.07) is -1.58. The summed E-state index contributed by atoms with van der Waals surface area (Å²) >= 11 is 0. The van der Waals surface area contributed by atoms with Crippen molar-refractivity contribution in [1.82, 2.24) is 0 Å². The largest absolute Gasteiger partial charge is 0.480 e. The molecule has 0 aromatic rings. The molecule has 0 bridgehead atoms. The van der Waals surface area contributed by atoms with E-state index >= 15 is 0 Å². The van der Waals surface area contributed by atoms with Crippen LogP contribution in [-0.2, 0) is 42.3 Å². The van der Waals surface area contributed by atoms with E-state index in [9.17, 15) is 44.0 Å². The molecular formula is C48H84NO14P. The quantitative estimate of drug-likeness (QED) is 0.0145. The van der Waals surface area contributed by atoms with Crippen LogP contribution in [-0.4, -0.2) is 99.3 Å². The van der Waals surface area contributed by atoms with Crippen molar-refractivity contribution >= 4 is 31.5 Å². The third kappa shape index (κ3) is 31.2. The van der Waals surface area contributed by atoms with Gasteiger partial charge in [0, 0.05) is 43.9 Å². The number of carboxylic acid groups (broad SMARTS) is 1. The first kappa shape index (κ1) is 59.3. The van der Waals surface area contributed by atoms with E-state index in [0.717, 1.165) is 57.8 Å². The lowest BCUT2D eigenvalue weighted by Gasteiger charge is -2.20. The Morgan fingerprint density at radius 3 is 1.89 bits per heavy atom. The molecule has 0 radical (unpaired) electrons. The van der Waals surface area contributed by atoms with Crippen molar-refractivity contribution < 1.29 is 67.6 Å². The SMILES string of the molecule is CCCCC/C=C\C/C=C\CCCCCCCCCCCC(=O)O[C@H](COC(=O)CCCCC(=O)C[C@@H]1[C@@H](/C=C/[C@@H](O)CCCCC)[C@H](O)C[C@@H]1O)COP(=O)(O)OC[C@H](N)C(=O)O. The number of esters is 2. The van der Waals surface area contributed by atoms with Gasteiger partial charge in [-0.1, -0.05) is 127 Å². The van der Waals surface area contributed by atoms with Gasteiger partial charge >= 0.3 is 25.7 Å². The molecule has 1 aliphatic carbocycles. The van der Waals surface area contributed by atoms with E-state index in [1.807, 2.05) is 0 Å². The van der Waals surface area contributed by atoms with Gasteiger partial charge in [0.05, 0.1) is 31.5 Å². The minimum absolute atomic E-state index is 0.0495. The van der Waals surface area contributed by atoms with Crippen LogP contribution in [0, 0.1) is 11.8 Å². The first-order chi connectivity index (χ1) is 30.7. The summed E-state index contributed by atoms with van der Waals surface area (Å²) in [6.07, 6.45) is 29.8. The van der Waals surface area contributed by atoms with E-state index in [2.05, 4.69) is 42.7 Å². The molecule has 1 fully saturated rings. The number of ketones is 1. The Labute approximate surface area is 383 Å². The highest BCUT2D eigenvalue weighted by Gasteiger charge is 2.41. The zero-order valence-electron chi connectivity index (χ0n) is 38.9. The maximum absolute atomic E-state index is 12.8. The second-order valence-corrected chi connectivity index (χ2v) is 18.7. The molecule has 16 heteroatoms. The third-order valence-electron chi connectivity index (χ3n) is 11.3. The Balaban J connectivity index is 2.46. The summed E-state index contributed by atoms with van der Waals surface area (Å²) in [5.74, 6) is -3.79. The Kier molecular flexibility index (Phi) is 34.6. The normalized spacial score (nSPS) is 20.2. The van der Waals surface area contributed by atoms with Crippen LogP contribution in [0.2, 0.25) is 0 Å². The van der Waals surface area contributed by atoms with Gasteiger partial charge in [-0.2, -0.15) is 0 Å². The molecule has 15 nitrogen and oxygen atoms in total. The highest BCUT2D eigenvalue weighted by molar-refractivity contribution is 7.47. The van der Waals surface area contributed by atoms with Crippen molar-refractivity contribution in [3.63, 3.8) is 0 Å². The van der Waals surface area contributed by atoms with Crippen molar-refractivity contribution in [3.05, 3.63) is 36.5 Å². The fourth-order valence-electron chi connectivity index (χ4n) is 7.44. The highest BCUT2D eigenvalue weighted by atomic mass is 31.2. The molecule has 64 heavy (non-hydrogen) atoms. The van der Waals surface area contributed by atoms with Crippen LogP contribution >= 0.6 is 7.82 Å². The monoisotopic (exact) mass is 930 g/mol. The topological polar surface area (TPSA) is 249 Å². The van der Waals surface area contributed by atoms with E-state index in [0.29, 0.717) is 25.7 Å². The van der Waals surface area contributed by atoms with Crippen molar-refractivity contribution in [2.45, 2.75) is 211 Å². The van der Waals surface area contributed by atoms with Gasteiger partial charge in [-0.3, -0.25) is 28.2 Å². The number of phosphoric acid groups is 1. The molecule has 0 aromatic heterocycles. The molecule has 0 heterocycles. The molecule has 0 aliphatic heterocycles. The summed E-state index contributed by atoms with van der Waals surface area (Å²) in [6.45, 7) is 2.30. The fourth-order valence-corrected chi connectivity index (χ4v) is 8.22. The number of allylic oxidation sites excluding steroid dienone is 4. The number of unbranched alkanes of at least 4 members (excludes halogenated alkanes) is 15. The molecule has 370 valence electrons. The standard InChI is InChI=1S/C48H84NO14P/c1-3-5-7-8-9-10-11-12-13-14-15-16-17-18-19-20-21-22-24-30-47(55)63-40(36-61-64(58,59)62-37-43(49)48(56)57)35-60-46(54)29-26-25-28-39(51)33-42-41(44(52)34-45(42)53)32-31-38(50)27-23-6-4-2/h9-10,12-13,31-32,38,40-45,50,52-53H,3-8,11,14-30,33-37,49H2,1-2H3,(H,56,57)(H,58,59)/b10-9-,13-12-,32-31+/t38-,40+,41+,42+,43-,44+,45-/m0/s1. The number of hydrogen-bond acceptors (Lipinski definition) is 13. The van der Waals surface area contributed by atoms with Crippen LogP contribution in [0.1, 0.15) is 181 Å². The number of carbonyl (C=O) groups is 4. The van der Waals surface area contributed by atoms with E-state index < -0.39 is 87.8 Å². The van der Waals surface area contributed by atoms with Gasteiger partial charge < -0.3 is 40.5 Å². The number of carbonyl (C=O) groups excluding carboxylic acids is 3. The predicted molar refractivity (Wildman–Crippen MR) is 247 cm³/mol. The van der Waals surface area contributed by atoms with Crippen LogP contribution in [0.15, 0.2) is 36.5 Å². The lowest BCUT2D eigenvalue weighted by Crippen LogP contribution is -2.34. The van der Waals surface area contributed by atoms with E-state index in [-0.39, 0.29) is 37.9 Å². The number of aliphatic hydroxyl groups is 3. The molecule has 1 aliphatic rings. The van der Waals surface area contributed by atoms with Crippen molar-refractivity contribution in [3.8, 4) is 0 Å². The zero-order valence-corrected chi connectivity index (χ0v) is 39.8. The number of aliphatic hydroxyl groups excluding tert-OH is 3. The number of phosphoric ester groups is 1. The Bertz CT molecular complexity index is 1410. The van der Waals surface area contributed by atoms with Crippen LogP contribution in [0.25, 0.3) is 0 Å². The Morgan fingerprint density at radius 1 is 0.703 bits per heavy atom. The Morgan fingerprint density at radius 2 is 1.25 bits per heavy atom. The van der Waals surface area contributed by atoms with Crippen LogP contribution in [0.4, 0.5) is 0 Å². The van der Waals surface area contributed by atoms with Crippen LogP contribution < -0.4 is 5.73 Å². The van der Waals surface area contributed by atoms with Crippen molar-refractivity contribution in [2.75, 3.05) is 19.8 Å². The van der Waals surface area contributed by atoms with Crippen molar-refractivity contribution in [2.24, 2.45) is 17.6 Å². The number of Topliss-reactive ketones (excluding diaryl/α,β-unsaturated/α-hetero) is 1. The van der Waals surface area contributed by atoms with E-state index in [4.69, 9.17) is 24.8 Å². The number of hydrogen-bond donors (Lipinski definition) is 6. The Hall–Kier alpha value is -2.75. The first-order valence-corrected chi connectivity index (χ1v) is 25.7. The van der Waals surface area contributed by atoms with Gasteiger partial charge in [0.15, 0.2) is 6.10 Å². The zero-order chi connectivity index (χ0) is 47.4. The van der Waals surface area contributed by atoms with Gasteiger partial charge in [-0.15, -0.1) is 0 Å². The summed E-state index contributed by atoms with van der Waals surface area (Å²) in [5, 5.41) is 40.2. The molecule has 1 unspecified atom stereocenters. The fraction of sp³-hybridized carbons (Fsp3) is 0.792. The number of aliphatic carboxylic acids is 1. The van der Waals surface area contributed by atoms with E-state index in [1.165, 1.54) is 51.4 Å². The molecule has 0 spiro atoms. The van der Waals surface area contributed by atoms with E-state index in [1.54, 1.807) is 12.2 Å². The average Bonchev–Trinajstić information content (AvgIpc) is 3.52. The maximum Gasteiger partial charge on any atom is 0.472 e. The molecular weight excluding hydrogens is 845 g/mol. The second-order valence-electron chi connectivity index (χ2n) is 17.2. The summed E-state index contributed by atoms with van der Waals surface area (Å²) in [7, 11) is -4.81. The number of carboxylic acids is 1. The second kappa shape index (κ2) is 37.4. The van der Waals surface area contributed by atoms with Gasteiger partial charge in [0.1, 0.15) is 18.4 Å². The highest BCUT2D eigenvalue weighted by Crippen LogP contribution is 2.43. The summed E-state index contributed by atoms with van der Waals surface area (Å²) < 4.78 is 32.7. The minimum Gasteiger partial charge on any atom is -0.480 e. The number of rotatable bonds is 41. The lowest BCUT2D eigenvalue weighted by atomic mass is 9.87. The minimum atomic E-state index is -4.81. The molecule has 1 rings (SSSR count). The smallest absolute Gasteiger partial charge is 0.472 e. The van der Waals surface area contributed by atoms with Crippen LogP contribution in [0.5, 0.6) is 0 Å². The van der Waals surface area contributed by atoms with Crippen LogP contribution in [0.3, 0.4) is 0 Å². The molecule has 0 saturated heterocycles. The predicted octanol–water partition coefficient (Wildman–Crippen LogP) is 8.74. The lowest BCUT2D eigenvalue weighted by molar-refractivity contribution is -0.161. The molecule has 1 saturated carbocycles.